The normalized spacial score (nSPS) is 28.0. The molecule has 0 aromatic carbocycles. The molecule has 0 aromatic rings. The molecule has 0 aromatic heterocycles. The fourth-order valence-electron chi connectivity index (χ4n) is 3.17. The van der Waals surface area contributed by atoms with E-state index in [1.165, 1.54) is 16.7 Å². The standard InChI is InChI=1S/C17H25NO2/c1-4-15-14(9-11-20-15)17-12(3)6-7-13(17)8-10-18-16(19)5-2/h4,13H,3,5-11H2,1-2H3,(H,18,19)/b15-4+,17-14+. The van der Waals surface area contributed by atoms with E-state index >= 15 is 0 Å². The second kappa shape index (κ2) is 6.78. The number of carbonyl (C=O) groups is 1. The van der Waals surface area contributed by atoms with E-state index in [1.807, 2.05) is 13.8 Å². The van der Waals surface area contributed by atoms with Crippen LogP contribution >= 0.6 is 0 Å². The molecule has 1 aliphatic carbocycles. The molecule has 2 rings (SSSR count). The summed E-state index contributed by atoms with van der Waals surface area (Å²) in [6.07, 6.45) is 6.82. The van der Waals surface area contributed by atoms with Gasteiger partial charge in [0.05, 0.1) is 6.61 Å². The summed E-state index contributed by atoms with van der Waals surface area (Å²) in [4.78, 5) is 11.3. The van der Waals surface area contributed by atoms with E-state index in [1.54, 1.807) is 0 Å². The van der Waals surface area contributed by atoms with Gasteiger partial charge < -0.3 is 10.1 Å². The summed E-state index contributed by atoms with van der Waals surface area (Å²) in [5.74, 6) is 1.69. The van der Waals surface area contributed by atoms with Crippen LogP contribution in [0.1, 0.15) is 46.0 Å². The number of hydrogen-bond donors (Lipinski definition) is 1. The van der Waals surface area contributed by atoms with E-state index in [-0.39, 0.29) is 5.91 Å². The second-order valence-electron chi connectivity index (χ2n) is 5.47. The van der Waals surface area contributed by atoms with Crippen molar-refractivity contribution in [1.82, 2.24) is 5.32 Å². The minimum Gasteiger partial charge on any atom is -0.493 e. The molecule has 1 amide bonds. The van der Waals surface area contributed by atoms with Crippen LogP contribution in [0.2, 0.25) is 0 Å². The minimum absolute atomic E-state index is 0.134. The Morgan fingerprint density at radius 1 is 1.50 bits per heavy atom. The first-order valence-electron chi connectivity index (χ1n) is 7.64. The molecule has 20 heavy (non-hydrogen) atoms. The van der Waals surface area contributed by atoms with E-state index in [4.69, 9.17) is 4.74 Å². The van der Waals surface area contributed by atoms with Crippen LogP contribution < -0.4 is 5.32 Å². The van der Waals surface area contributed by atoms with Gasteiger partial charge in [0, 0.05) is 25.0 Å². The van der Waals surface area contributed by atoms with Gasteiger partial charge in [0.15, 0.2) is 0 Å². The first-order valence-corrected chi connectivity index (χ1v) is 7.64. The van der Waals surface area contributed by atoms with Crippen molar-refractivity contribution in [2.45, 2.75) is 46.0 Å². The Morgan fingerprint density at radius 3 is 3.00 bits per heavy atom. The molecule has 2 fully saturated rings. The van der Waals surface area contributed by atoms with Gasteiger partial charge in [0.25, 0.3) is 0 Å². The van der Waals surface area contributed by atoms with Gasteiger partial charge >= 0.3 is 0 Å². The Labute approximate surface area is 121 Å². The Balaban J connectivity index is 2.07. The van der Waals surface area contributed by atoms with Crippen molar-refractivity contribution in [2.24, 2.45) is 5.92 Å². The molecule has 110 valence electrons. The maximum absolute atomic E-state index is 11.3. The molecule has 3 nitrogen and oxygen atoms in total. The summed E-state index contributed by atoms with van der Waals surface area (Å²) in [5, 5.41) is 2.97. The monoisotopic (exact) mass is 275 g/mol. The molecular formula is C17H25NO2. The van der Waals surface area contributed by atoms with Crippen LogP contribution in [0.4, 0.5) is 0 Å². The third-order valence-electron chi connectivity index (χ3n) is 4.21. The molecule has 1 N–H and O–H groups in total. The molecular weight excluding hydrogens is 250 g/mol. The first-order chi connectivity index (χ1) is 9.67. The van der Waals surface area contributed by atoms with Crippen molar-refractivity contribution in [1.29, 1.82) is 0 Å². The van der Waals surface area contributed by atoms with Crippen LogP contribution in [0, 0.1) is 5.92 Å². The van der Waals surface area contributed by atoms with E-state index in [9.17, 15) is 4.79 Å². The predicted molar refractivity (Wildman–Crippen MR) is 81.1 cm³/mol. The lowest BCUT2D eigenvalue weighted by atomic mass is 9.91. The van der Waals surface area contributed by atoms with E-state index in [2.05, 4.69) is 18.0 Å². The van der Waals surface area contributed by atoms with E-state index in [0.29, 0.717) is 12.3 Å². The summed E-state index contributed by atoms with van der Waals surface area (Å²) in [7, 11) is 0. The summed E-state index contributed by atoms with van der Waals surface area (Å²) in [6.45, 7) is 9.68. The van der Waals surface area contributed by atoms with Gasteiger partial charge in [-0.15, -0.1) is 0 Å². The van der Waals surface area contributed by atoms with Crippen molar-refractivity contribution in [3.8, 4) is 0 Å². The van der Waals surface area contributed by atoms with E-state index < -0.39 is 0 Å². The minimum atomic E-state index is 0.134. The molecule has 1 unspecified atom stereocenters. The Bertz CT molecular complexity index is 460. The average molecular weight is 275 g/mol. The smallest absolute Gasteiger partial charge is 0.219 e. The van der Waals surface area contributed by atoms with Crippen molar-refractivity contribution in [2.75, 3.05) is 13.2 Å². The van der Waals surface area contributed by atoms with Crippen molar-refractivity contribution >= 4 is 5.91 Å². The highest BCUT2D eigenvalue weighted by molar-refractivity contribution is 5.75. The van der Waals surface area contributed by atoms with Gasteiger partial charge in [-0.3, -0.25) is 4.79 Å². The van der Waals surface area contributed by atoms with Crippen molar-refractivity contribution in [3.63, 3.8) is 0 Å². The number of hydrogen-bond acceptors (Lipinski definition) is 2. The van der Waals surface area contributed by atoms with Gasteiger partial charge in [-0.05, 0) is 43.8 Å². The number of rotatable bonds is 4. The molecule has 3 heteroatoms. The molecule has 0 spiro atoms. The molecule has 1 saturated heterocycles. The Hall–Kier alpha value is -1.51. The van der Waals surface area contributed by atoms with Crippen LogP contribution in [-0.4, -0.2) is 19.1 Å². The summed E-state index contributed by atoms with van der Waals surface area (Å²) < 4.78 is 5.68. The molecule has 0 bridgehead atoms. The number of carbonyl (C=O) groups excluding carboxylic acids is 1. The number of allylic oxidation sites excluding steroid dienone is 4. The first kappa shape index (κ1) is 14.9. The Morgan fingerprint density at radius 2 is 2.30 bits per heavy atom. The summed E-state index contributed by atoms with van der Waals surface area (Å²) >= 11 is 0. The molecule has 1 aliphatic heterocycles. The van der Waals surface area contributed by atoms with Gasteiger partial charge in [0.2, 0.25) is 5.91 Å². The zero-order valence-electron chi connectivity index (χ0n) is 12.6. The fraction of sp³-hybridized carbons (Fsp3) is 0.588. The third-order valence-corrected chi connectivity index (χ3v) is 4.21. The molecule has 0 radical (unpaired) electrons. The summed E-state index contributed by atoms with van der Waals surface area (Å²) in [6, 6.07) is 0. The van der Waals surface area contributed by atoms with E-state index in [0.717, 1.165) is 44.6 Å². The highest BCUT2D eigenvalue weighted by atomic mass is 16.5. The van der Waals surface area contributed by atoms with Crippen LogP contribution in [0.15, 0.2) is 35.1 Å². The highest BCUT2D eigenvalue weighted by Crippen LogP contribution is 2.43. The quantitative estimate of drug-likeness (QED) is 0.853. The lowest BCUT2D eigenvalue weighted by Crippen LogP contribution is -2.24. The van der Waals surface area contributed by atoms with Gasteiger partial charge in [-0.1, -0.05) is 19.1 Å². The summed E-state index contributed by atoms with van der Waals surface area (Å²) in [5.41, 5.74) is 4.01. The number of nitrogens with one attached hydrogen (secondary N) is 1. The van der Waals surface area contributed by atoms with Crippen molar-refractivity contribution < 1.29 is 9.53 Å². The zero-order chi connectivity index (χ0) is 14.5. The molecule has 1 atom stereocenters. The topological polar surface area (TPSA) is 38.3 Å². The van der Waals surface area contributed by atoms with Crippen LogP contribution in [0.5, 0.6) is 0 Å². The Kier molecular flexibility index (Phi) is 5.05. The fourth-order valence-corrected chi connectivity index (χ4v) is 3.17. The lowest BCUT2D eigenvalue weighted by molar-refractivity contribution is -0.120. The maximum Gasteiger partial charge on any atom is 0.219 e. The van der Waals surface area contributed by atoms with Gasteiger partial charge in [-0.2, -0.15) is 0 Å². The zero-order valence-corrected chi connectivity index (χ0v) is 12.6. The van der Waals surface area contributed by atoms with Gasteiger partial charge in [0.1, 0.15) is 5.76 Å². The maximum atomic E-state index is 11.3. The molecule has 1 saturated carbocycles. The average Bonchev–Trinajstić information content (AvgIpc) is 3.04. The van der Waals surface area contributed by atoms with Crippen LogP contribution in [0.3, 0.4) is 0 Å². The lowest BCUT2D eigenvalue weighted by Gasteiger charge is -2.16. The predicted octanol–water partition coefficient (Wildman–Crippen LogP) is 3.49. The largest absolute Gasteiger partial charge is 0.493 e. The molecule has 1 heterocycles. The van der Waals surface area contributed by atoms with Crippen molar-refractivity contribution in [3.05, 3.63) is 35.1 Å². The van der Waals surface area contributed by atoms with Crippen LogP contribution in [-0.2, 0) is 9.53 Å². The van der Waals surface area contributed by atoms with Crippen LogP contribution in [0.25, 0.3) is 0 Å². The number of ether oxygens (including phenoxy) is 1. The highest BCUT2D eigenvalue weighted by Gasteiger charge is 2.30. The second-order valence-corrected chi connectivity index (χ2v) is 5.47. The third kappa shape index (κ3) is 3.14. The van der Waals surface area contributed by atoms with Gasteiger partial charge in [-0.25, -0.2) is 0 Å². The molecule has 2 aliphatic rings. The SMILES string of the molecule is C=C1CCC(CCNC(=O)CC)/C1=C1\CCO\C1=C\C. The number of amides is 1.